The molecule has 0 radical (unpaired) electrons. The van der Waals surface area contributed by atoms with Gasteiger partial charge >= 0.3 is 6.09 Å². The minimum absolute atomic E-state index is 0.0542. The molecule has 2 unspecified atom stereocenters. The number of rotatable bonds is 9. The van der Waals surface area contributed by atoms with Gasteiger partial charge in [0.25, 0.3) is 0 Å². The second-order valence-corrected chi connectivity index (χ2v) is 9.74. The van der Waals surface area contributed by atoms with Crippen molar-refractivity contribution in [2.24, 2.45) is 17.8 Å². The number of amides is 2. The van der Waals surface area contributed by atoms with E-state index in [1.165, 1.54) is 19.3 Å². The fourth-order valence-corrected chi connectivity index (χ4v) is 4.09. The third-order valence-corrected chi connectivity index (χ3v) is 5.38. The van der Waals surface area contributed by atoms with Crippen LogP contribution in [0, 0.1) is 17.8 Å². The Morgan fingerprint density at radius 1 is 1.11 bits per heavy atom. The molecule has 3 N–H and O–H groups in total. The molecule has 0 heterocycles. The quantitative estimate of drug-likeness (QED) is 0.547. The lowest BCUT2D eigenvalue weighted by Gasteiger charge is -2.32. The zero-order valence-electron chi connectivity index (χ0n) is 18.7. The minimum atomic E-state index is -0.782. The van der Waals surface area contributed by atoms with Gasteiger partial charge in [-0.05, 0) is 51.9 Å². The average molecular weight is 399 g/mol. The molecule has 1 aliphatic carbocycles. The van der Waals surface area contributed by atoms with Gasteiger partial charge in [0.1, 0.15) is 5.60 Å². The predicted molar refractivity (Wildman–Crippen MR) is 112 cm³/mol. The van der Waals surface area contributed by atoms with E-state index in [9.17, 15) is 14.7 Å². The van der Waals surface area contributed by atoms with Crippen LogP contribution < -0.4 is 10.6 Å². The minimum Gasteiger partial charge on any atom is -0.444 e. The molecule has 0 bridgehead atoms. The number of aliphatic hydroxyl groups excluding tert-OH is 1. The van der Waals surface area contributed by atoms with E-state index in [0.717, 1.165) is 19.3 Å². The van der Waals surface area contributed by atoms with E-state index in [-0.39, 0.29) is 11.8 Å². The Labute approximate surface area is 171 Å². The monoisotopic (exact) mass is 398 g/mol. The summed E-state index contributed by atoms with van der Waals surface area (Å²) in [5.74, 6) is 0.521. The van der Waals surface area contributed by atoms with Crippen LogP contribution in [-0.4, -0.2) is 41.9 Å². The number of ether oxygens (including phenoxy) is 1. The van der Waals surface area contributed by atoms with E-state index in [2.05, 4.69) is 24.5 Å². The van der Waals surface area contributed by atoms with E-state index in [1.807, 2.05) is 20.8 Å². The first-order valence-corrected chi connectivity index (χ1v) is 10.9. The highest BCUT2D eigenvalue weighted by Gasteiger charge is 2.31. The van der Waals surface area contributed by atoms with Crippen LogP contribution in [0.2, 0.25) is 0 Å². The highest BCUT2D eigenvalue weighted by molar-refractivity contribution is 5.78. The molecule has 0 aromatic rings. The lowest BCUT2D eigenvalue weighted by molar-refractivity contribution is -0.126. The standard InChI is InChI=1S/C22H42N2O4/c1-15(2)12-17(20(26)23-6)14-19(25)18(13-16-10-8-7-9-11-16)24-21(27)28-22(3,4)5/h15-19,25H,7-14H2,1-6H3,(H,23,26)(H,24,27)/t17?,18-,19?/m0/s1. The van der Waals surface area contributed by atoms with Crippen molar-refractivity contribution in [2.75, 3.05) is 7.05 Å². The fourth-order valence-electron chi connectivity index (χ4n) is 4.09. The van der Waals surface area contributed by atoms with E-state index in [1.54, 1.807) is 7.05 Å². The molecule has 1 aliphatic rings. The van der Waals surface area contributed by atoms with Crippen LogP contribution in [0.3, 0.4) is 0 Å². The van der Waals surface area contributed by atoms with Crippen molar-refractivity contribution in [1.82, 2.24) is 10.6 Å². The van der Waals surface area contributed by atoms with E-state index < -0.39 is 23.8 Å². The van der Waals surface area contributed by atoms with Crippen molar-refractivity contribution < 1.29 is 19.4 Å². The van der Waals surface area contributed by atoms with Crippen LogP contribution in [0.15, 0.2) is 0 Å². The zero-order valence-corrected chi connectivity index (χ0v) is 18.7. The van der Waals surface area contributed by atoms with Crippen LogP contribution in [0.25, 0.3) is 0 Å². The van der Waals surface area contributed by atoms with Gasteiger partial charge in [0, 0.05) is 13.0 Å². The second-order valence-electron chi connectivity index (χ2n) is 9.74. The summed E-state index contributed by atoms with van der Waals surface area (Å²) in [6, 6.07) is -0.405. The molecule has 164 valence electrons. The van der Waals surface area contributed by atoms with Crippen molar-refractivity contribution >= 4 is 12.0 Å². The smallest absolute Gasteiger partial charge is 0.407 e. The maximum Gasteiger partial charge on any atom is 0.407 e. The summed E-state index contributed by atoms with van der Waals surface area (Å²) >= 11 is 0. The van der Waals surface area contributed by atoms with Gasteiger partial charge in [-0.25, -0.2) is 4.79 Å². The number of hydrogen-bond acceptors (Lipinski definition) is 4. The molecule has 1 rings (SSSR count). The topological polar surface area (TPSA) is 87.7 Å². The van der Waals surface area contributed by atoms with Crippen molar-refractivity contribution in [1.29, 1.82) is 0 Å². The average Bonchev–Trinajstić information content (AvgIpc) is 2.58. The van der Waals surface area contributed by atoms with Gasteiger partial charge in [-0.2, -0.15) is 0 Å². The number of carbonyl (C=O) groups is 2. The Kier molecular flexibility index (Phi) is 10.3. The molecular weight excluding hydrogens is 356 g/mol. The van der Waals surface area contributed by atoms with Crippen LogP contribution in [0.4, 0.5) is 4.79 Å². The van der Waals surface area contributed by atoms with Gasteiger partial charge in [-0.15, -0.1) is 0 Å². The summed E-state index contributed by atoms with van der Waals surface area (Å²) in [4.78, 5) is 24.6. The molecule has 0 aromatic heterocycles. The molecule has 6 heteroatoms. The lowest BCUT2D eigenvalue weighted by Crippen LogP contribution is -2.48. The summed E-state index contributed by atoms with van der Waals surface area (Å²) in [5.41, 5.74) is -0.591. The van der Waals surface area contributed by atoms with Gasteiger partial charge in [-0.1, -0.05) is 46.0 Å². The van der Waals surface area contributed by atoms with Gasteiger partial charge < -0.3 is 20.5 Å². The fraction of sp³-hybridized carbons (Fsp3) is 0.909. The van der Waals surface area contributed by atoms with Crippen molar-refractivity contribution in [3.8, 4) is 0 Å². The maximum absolute atomic E-state index is 12.3. The summed E-state index contributed by atoms with van der Waals surface area (Å²) in [5, 5.41) is 16.6. The van der Waals surface area contributed by atoms with Gasteiger partial charge in [0.05, 0.1) is 12.1 Å². The van der Waals surface area contributed by atoms with Gasteiger partial charge in [0.2, 0.25) is 5.91 Å². The van der Waals surface area contributed by atoms with Crippen molar-refractivity contribution in [2.45, 2.75) is 104 Å². The Hall–Kier alpha value is -1.30. The summed E-state index contributed by atoms with van der Waals surface area (Å²) < 4.78 is 5.41. The second kappa shape index (κ2) is 11.6. The van der Waals surface area contributed by atoms with Gasteiger partial charge in [0.15, 0.2) is 0 Å². The molecule has 2 amide bonds. The molecule has 28 heavy (non-hydrogen) atoms. The Morgan fingerprint density at radius 3 is 2.21 bits per heavy atom. The molecule has 6 nitrogen and oxygen atoms in total. The van der Waals surface area contributed by atoms with E-state index in [0.29, 0.717) is 24.7 Å². The van der Waals surface area contributed by atoms with Crippen LogP contribution in [0.1, 0.15) is 86.0 Å². The van der Waals surface area contributed by atoms with Crippen LogP contribution in [0.5, 0.6) is 0 Å². The lowest BCUT2D eigenvalue weighted by atomic mass is 9.81. The van der Waals surface area contributed by atoms with Crippen molar-refractivity contribution in [3.63, 3.8) is 0 Å². The third kappa shape index (κ3) is 9.76. The highest BCUT2D eigenvalue weighted by Crippen LogP contribution is 2.29. The van der Waals surface area contributed by atoms with Crippen molar-refractivity contribution in [3.05, 3.63) is 0 Å². The molecule has 1 saturated carbocycles. The highest BCUT2D eigenvalue weighted by atomic mass is 16.6. The first-order chi connectivity index (χ1) is 13.0. The molecule has 0 spiro atoms. The summed E-state index contributed by atoms with van der Waals surface area (Å²) in [6.45, 7) is 9.61. The number of carbonyl (C=O) groups excluding carboxylic acids is 2. The number of hydrogen-bond donors (Lipinski definition) is 3. The molecule has 3 atom stereocenters. The normalized spacial score (nSPS) is 19.0. The largest absolute Gasteiger partial charge is 0.444 e. The molecule has 1 fully saturated rings. The SMILES string of the molecule is CNC(=O)C(CC(C)C)CC(O)[C@H](CC1CCCCC1)NC(=O)OC(C)(C)C. The van der Waals surface area contributed by atoms with E-state index >= 15 is 0 Å². The Bertz CT molecular complexity index is 481. The summed E-state index contributed by atoms with van der Waals surface area (Å²) in [6.07, 6.45) is 6.41. The Morgan fingerprint density at radius 2 is 1.71 bits per heavy atom. The number of nitrogens with one attached hydrogen (secondary N) is 2. The molecule has 0 aliphatic heterocycles. The zero-order chi connectivity index (χ0) is 21.3. The number of alkyl carbamates (subject to hydrolysis) is 1. The number of aliphatic hydroxyl groups is 1. The van der Waals surface area contributed by atoms with Crippen LogP contribution in [-0.2, 0) is 9.53 Å². The third-order valence-electron chi connectivity index (χ3n) is 5.38. The van der Waals surface area contributed by atoms with Crippen LogP contribution >= 0.6 is 0 Å². The first-order valence-electron chi connectivity index (χ1n) is 10.9. The predicted octanol–water partition coefficient (Wildman–Crippen LogP) is 4.01. The maximum atomic E-state index is 12.3. The Balaban J connectivity index is 2.83. The van der Waals surface area contributed by atoms with Gasteiger partial charge in [-0.3, -0.25) is 4.79 Å². The molecule has 0 saturated heterocycles. The van der Waals surface area contributed by atoms with E-state index in [4.69, 9.17) is 4.74 Å². The first kappa shape index (κ1) is 24.7. The summed E-state index contributed by atoms with van der Waals surface area (Å²) in [7, 11) is 1.63. The molecule has 0 aromatic carbocycles. The molecular formula is C22H42N2O4.